The Morgan fingerprint density at radius 3 is 2.39 bits per heavy atom. The Morgan fingerprint density at radius 1 is 0.848 bits per heavy atom. The molecular weight excluding hydrogens is 420 g/mol. The van der Waals surface area contributed by atoms with Gasteiger partial charge in [-0.25, -0.2) is 0 Å². The van der Waals surface area contributed by atoms with E-state index in [4.69, 9.17) is 14.2 Å². The fourth-order valence-electron chi connectivity index (χ4n) is 3.49. The first-order valence-corrected chi connectivity index (χ1v) is 10.9. The number of nitrogens with zero attached hydrogens (tertiary/aromatic N) is 1. The van der Waals surface area contributed by atoms with Crippen molar-refractivity contribution >= 4 is 17.5 Å². The van der Waals surface area contributed by atoms with E-state index in [0.29, 0.717) is 62.1 Å². The fraction of sp³-hybridized carbons (Fsp3) is 0.231. The van der Waals surface area contributed by atoms with Gasteiger partial charge < -0.3 is 24.4 Å². The number of anilines is 1. The summed E-state index contributed by atoms with van der Waals surface area (Å²) >= 11 is 0. The van der Waals surface area contributed by atoms with Gasteiger partial charge in [-0.05, 0) is 42.5 Å². The van der Waals surface area contributed by atoms with Crippen LogP contribution in [0.1, 0.15) is 20.7 Å². The first-order chi connectivity index (χ1) is 16.2. The van der Waals surface area contributed by atoms with E-state index in [2.05, 4.69) is 5.32 Å². The second-order valence-electron chi connectivity index (χ2n) is 7.45. The number of nitrogens with one attached hydrogen (secondary N) is 1. The zero-order valence-corrected chi connectivity index (χ0v) is 18.2. The predicted molar refractivity (Wildman–Crippen MR) is 125 cm³/mol. The van der Waals surface area contributed by atoms with Gasteiger partial charge in [0.1, 0.15) is 24.7 Å². The van der Waals surface area contributed by atoms with E-state index in [1.54, 1.807) is 47.4 Å². The standard InChI is InChI=1S/C26H26N2O5/c29-25(27-21-8-6-7-20(19-21)26(30)28-13-15-31-16-14-28)23-11-4-5-12-24(23)33-18-17-32-22-9-2-1-3-10-22/h1-12,19H,13-18H2,(H,27,29). The zero-order valence-electron chi connectivity index (χ0n) is 18.2. The minimum absolute atomic E-state index is 0.0726. The van der Waals surface area contributed by atoms with Crippen molar-refractivity contribution in [3.05, 3.63) is 90.0 Å². The van der Waals surface area contributed by atoms with Crippen molar-refractivity contribution < 1.29 is 23.8 Å². The minimum Gasteiger partial charge on any atom is -0.490 e. The Labute approximate surface area is 192 Å². The molecule has 1 saturated heterocycles. The summed E-state index contributed by atoms with van der Waals surface area (Å²) in [5.74, 6) is 0.841. The van der Waals surface area contributed by atoms with Crippen LogP contribution in [0.2, 0.25) is 0 Å². The number of rotatable bonds is 8. The molecule has 1 aliphatic rings. The molecule has 1 aliphatic heterocycles. The lowest BCUT2D eigenvalue weighted by molar-refractivity contribution is 0.0303. The summed E-state index contributed by atoms with van der Waals surface area (Å²) in [4.78, 5) is 27.4. The highest BCUT2D eigenvalue weighted by molar-refractivity contribution is 6.06. The highest BCUT2D eigenvalue weighted by Gasteiger charge is 2.19. The van der Waals surface area contributed by atoms with E-state index in [9.17, 15) is 9.59 Å². The normalized spacial score (nSPS) is 13.3. The quantitative estimate of drug-likeness (QED) is 0.532. The van der Waals surface area contributed by atoms with Crippen molar-refractivity contribution in [1.82, 2.24) is 4.90 Å². The van der Waals surface area contributed by atoms with Crippen molar-refractivity contribution in [3.8, 4) is 11.5 Å². The number of ether oxygens (including phenoxy) is 3. The second kappa shape index (κ2) is 11.2. The molecule has 1 fully saturated rings. The van der Waals surface area contributed by atoms with Gasteiger partial charge in [0.15, 0.2) is 0 Å². The van der Waals surface area contributed by atoms with E-state index >= 15 is 0 Å². The summed E-state index contributed by atoms with van der Waals surface area (Å²) in [5, 5.41) is 2.87. The number of morpholine rings is 1. The van der Waals surface area contributed by atoms with Crippen LogP contribution in [0.4, 0.5) is 5.69 Å². The third kappa shape index (κ3) is 6.11. The highest BCUT2D eigenvalue weighted by atomic mass is 16.5. The number of hydrogen-bond acceptors (Lipinski definition) is 5. The summed E-state index contributed by atoms with van der Waals surface area (Å²) in [6.07, 6.45) is 0. The molecule has 7 nitrogen and oxygen atoms in total. The van der Waals surface area contributed by atoms with Gasteiger partial charge in [0.2, 0.25) is 0 Å². The molecule has 1 heterocycles. The molecule has 2 amide bonds. The Balaban J connectivity index is 1.37. The lowest BCUT2D eigenvalue weighted by atomic mass is 10.1. The van der Waals surface area contributed by atoms with Crippen LogP contribution in [0.25, 0.3) is 0 Å². The number of amides is 2. The van der Waals surface area contributed by atoms with E-state index in [1.165, 1.54) is 0 Å². The summed E-state index contributed by atoms with van der Waals surface area (Å²) < 4.78 is 16.7. The van der Waals surface area contributed by atoms with E-state index in [1.807, 2.05) is 36.4 Å². The summed E-state index contributed by atoms with van der Waals surface area (Å²) in [6, 6.07) is 23.5. The molecule has 1 N–H and O–H groups in total. The van der Waals surface area contributed by atoms with Crippen molar-refractivity contribution in [2.75, 3.05) is 44.8 Å². The molecule has 0 radical (unpaired) electrons. The Kier molecular flexibility index (Phi) is 7.56. The molecule has 170 valence electrons. The number of benzene rings is 3. The third-order valence-electron chi connectivity index (χ3n) is 5.15. The molecular formula is C26H26N2O5. The molecule has 33 heavy (non-hydrogen) atoms. The number of carbonyl (C=O) groups excluding carboxylic acids is 2. The molecule has 0 bridgehead atoms. The van der Waals surface area contributed by atoms with Crippen LogP contribution < -0.4 is 14.8 Å². The van der Waals surface area contributed by atoms with Crippen molar-refractivity contribution in [3.63, 3.8) is 0 Å². The molecule has 0 spiro atoms. The SMILES string of the molecule is O=C(Nc1cccc(C(=O)N2CCOCC2)c1)c1ccccc1OCCOc1ccccc1. The molecule has 0 aliphatic carbocycles. The Hall–Kier alpha value is -3.84. The lowest BCUT2D eigenvalue weighted by Crippen LogP contribution is -2.40. The topological polar surface area (TPSA) is 77.1 Å². The Bertz CT molecular complexity index is 1080. The van der Waals surface area contributed by atoms with Gasteiger partial charge in [0.05, 0.1) is 18.8 Å². The molecule has 3 aromatic rings. The van der Waals surface area contributed by atoms with E-state index in [0.717, 1.165) is 5.75 Å². The van der Waals surface area contributed by atoms with Gasteiger partial charge >= 0.3 is 0 Å². The average molecular weight is 447 g/mol. The summed E-state index contributed by atoms with van der Waals surface area (Å²) in [7, 11) is 0. The van der Waals surface area contributed by atoms with Crippen LogP contribution in [-0.4, -0.2) is 56.2 Å². The van der Waals surface area contributed by atoms with Gasteiger partial charge in [0.25, 0.3) is 11.8 Å². The first-order valence-electron chi connectivity index (χ1n) is 10.9. The van der Waals surface area contributed by atoms with Crippen molar-refractivity contribution in [2.45, 2.75) is 0 Å². The molecule has 0 atom stereocenters. The minimum atomic E-state index is -0.314. The van der Waals surface area contributed by atoms with Crippen molar-refractivity contribution in [2.24, 2.45) is 0 Å². The van der Waals surface area contributed by atoms with Crippen LogP contribution in [-0.2, 0) is 4.74 Å². The van der Waals surface area contributed by atoms with Gasteiger partial charge in [-0.1, -0.05) is 36.4 Å². The largest absolute Gasteiger partial charge is 0.490 e. The number of hydrogen-bond donors (Lipinski definition) is 1. The first kappa shape index (κ1) is 22.4. The van der Waals surface area contributed by atoms with Crippen molar-refractivity contribution in [1.29, 1.82) is 0 Å². The third-order valence-corrected chi connectivity index (χ3v) is 5.15. The molecule has 7 heteroatoms. The molecule has 0 unspecified atom stereocenters. The van der Waals surface area contributed by atoms with Gasteiger partial charge in [-0.15, -0.1) is 0 Å². The average Bonchev–Trinajstić information content (AvgIpc) is 2.87. The van der Waals surface area contributed by atoms with Crippen LogP contribution in [0.15, 0.2) is 78.9 Å². The molecule has 0 aromatic heterocycles. The Morgan fingerprint density at radius 2 is 1.58 bits per heavy atom. The van der Waals surface area contributed by atoms with Gasteiger partial charge in [0, 0.05) is 24.3 Å². The van der Waals surface area contributed by atoms with Crippen LogP contribution in [0, 0.1) is 0 Å². The maximum absolute atomic E-state index is 12.9. The number of para-hydroxylation sites is 2. The lowest BCUT2D eigenvalue weighted by Gasteiger charge is -2.27. The van der Waals surface area contributed by atoms with Gasteiger partial charge in [-0.2, -0.15) is 0 Å². The zero-order chi connectivity index (χ0) is 22.9. The summed E-state index contributed by atoms with van der Waals surface area (Å²) in [5.41, 5.74) is 1.47. The maximum atomic E-state index is 12.9. The van der Waals surface area contributed by atoms with E-state index in [-0.39, 0.29) is 11.8 Å². The van der Waals surface area contributed by atoms with E-state index < -0.39 is 0 Å². The predicted octanol–water partition coefficient (Wildman–Crippen LogP) is 3.87. The van der Waals surface area contributed by atoms with Crippen LogP contribution in [0.5, 0.6) is 11.5 Å². The number of carbonyl (C=O) groups is 2. The van der Waals surface area contributed by atoms with Crippen LogP contribution in [0.3, 0.4) is 0 Å². The van der Waals surface area contributed by atoms with Gasteiger partial charge in [-0.3, -0.25) is 9.59 Å². The molecule has 3 aromatic carbocycles. The monoisotopic (exact) mass is 446 g/mol. The molecule has 0 saturated carbocycles. The molecule has 4 rings (SSSR count). The summed E-state index contributed by atoms with van der Waals surface area (Å²) in [6.45, 7) is 2.85. The highest BCUT2D eigenvalue weighted by Crippen LogP contribution is 2.21. The second-order valence-corrected chi connectivity index (χ2v) is 7.45. The maximum Gasteiger partial charge on any atom is 0.259 e. The fourth-order valence-corrected chi connectivity index (χ4v) is 3.49. The van der Waals surface area contributed by atoms with Crippen LogP contribution >= 0.6 is 0 Å². The smallest absolute Gasteiger partial charge is 0.259 e.